The zero-order chi connectivity index (χ0) is 21.3. The molecule has 2 aromatic carbocycles. The lowest BCUT2D eigenvalue weighted by Gasteiger charge is -2.35. The number of benzene rings is 2. The van der Waals surface area contributed by atoms with Crippen molar-refractivity contribution in [2.75, 3.05) is 27.9 Å². The lowest BCUT2D eigenvalue weighted by atomic mass is 9.86. The van der Waals surface area contributed by atoms with Crippen LogP contribution >= 0.6 is 0 Å². The van der Waals surface area contributed by atoms with Crippen LogP contribution in [0.3, 0.4) is 0 Å². The van der Waals surface area contributed by atoms with E-state index in [1.807, 2.05) is 36.5 Å². The zero-order valence-electron chi connectivity index (χ0n) is 17.6. The number of amides is 1. The number of fused-ring (bicyclic) bond motifs is 1. The number of nitrogens with zero attached hydrogens (tertiary/aromatic N) is 3. The molecule has 1 atom stereocenters. The predicted octanol–water partition coefficient (Wildman–Crippen LogP) is 3.23. The van der Waals surface area contributed by atoms with Crippen LogP contribution in [0.25, 0.3) is 0 Å². The van der Waals surface area contributed by atoms with Gasteiger partial charge in [0.2, 0.25) is 5.75 Å². The van der Waals surface area contributed by atoms with Crippen molar-refractivity contribution in [3.8, 4) is 17.2 Å². The lowest BCUT2D eigenvalue weighted by molar-refractivity contribution is 0.0721. The molecule has 1 aromatic heterocycles. The zero-order valence-corrected chi connectivity index (χ0v) is 17.6. The van der Waals surface area contributed by atoms with Gasteiger partial charge in [-0.2, -0.15) is 5.10 Å². The van der Waals surface area contributed by atoms with Crippen LogP contribution in [-0.4, -0.2) is 48.5 Å². The van der Waals surface area contributed by atoms with Crippen molar-refractivity contribution < 1.29 is 19.0 Å². The molecule has 1 unspecified atom stereocenters. The maximum Gasteiger partial charge on any atom is 0.258 e. The largest absolute Gasteiger partial charge is 0.493 e. The molecule has 0 N–H and O–H groups in total. The number of methoxy groups -OCH3 is 3. The van der Waals surface area contributed by atoms with E-state index in [0.29, 0.717) is 35.9 Å². The third kappa shape index (κ3) is 3.36. The van der Waals surface area contributed by atoms with E-state index in [2.05, 4.69) is 17.2 Å². The van der Waals surface area contributed by atoms with Crippen LogP contribution in [0.1, 0.15) is 33.0 Å². The highest BCUT2D eigenvalue weighted by Crippen LogP contribution is 2.41. The summed E-state index contributed by atoms with van der Waals surface area (Å²) in [4.78, 5) is 15.4. The monoisotopic (exact) mass is 407 g/mol. The molecule has 30 heavy (non-hydrogen) atoms. The second kappa shape index (κ2) is 8.10. The van der Waals surface area contributed by atoms with E-state index in [9.17, 15) is 4.79 Å². The van der Waals surface area contributed by atoms with Crippen molar-refractivity contribution in [3.05, 3.63) is 71.0 Å². The van der Waals surface area contributed by atoms with Crippen molar-refractivity contribution in [1.29, 1.82) is 0 Å². The summed E-state index contributed by atoms with van der Waals surface area (Å²) in [5.74, 6) is 1.24. The lowest BCUT2D eigenvalue weighted by Crippen LogP contribution is -2.38. The Morgan fingerprint density at radius 3 is 2.47 bits per heavy atom. The molecule has 1 amide bonds. The molecule has 1 aliphatic rings. The molecule has 2 heterocycles. The third-order valence-corrected chi connectivity index (χ3v) is 5.54. The highest BCUT2D eigenvalue weighted by atomic mass is 16.5. The summed E-state index contributed by atoms with van der Waals surface area (Å²) in [5.41, 5.74) is 3.89. The fraction of sp³-hybridized carbons (Fsp3) is 0.304. The summed E-state index contributed by atoms with van der Waals surface area (Å²) in [6, 6.07) is 11.7. The molecular formula is C23H25N3O4. The molecule has 4 rings (SSSR count). The molecule has 3 aromatic rings. The number of hydrogen-bond acceptors (Lipinski definition) is 5. The summed E-state index contributed by atoms with van der Waals surface area (Å²) in [6.45, 7) is 1.09. The van der Waals surface area contributed by atoms with E-state index in [4.69, 9.17) is 14.2 Å². The highest BCUT2D eigenvalue weighted by molar-refractivity contribution is 5.98. The number of ether oxygens (including phenoxy) is 3. The summed E-state index contributed by atoms with van der Waals surface area (Å²) in [7, 11) is 6.51. The van der Waals surface area contributed by atoms with Crippen molar-refractivity contribution in [3.63, 3.8) is 0 Å². The molecule has 0 radical (unpaired) electrons. The minimum Gasteiger partial charge on any atom is -0.493 e. The molecule has 0 aliphatic carbocycles. The molecule has 0 bridgehead atoms. The van der Waals surface area contributed by atoms with Crippen LogP contribution in [0.2, 0.25) is 0 Å². The summed E-state index contributed by atoms with van der Waals surface area (Å²) < 4.78 is 18.1. The van der Waals surface area contributed by atoms with Gasteiger partial charge < -0.3 is 19.1 Å². The van der Waals surface area contributed by atoms with Gasteiger partial charge in [0.05, 0.1) is 33.1 Å². The Hall–Kier alpha value is -3.48. The first kappa shape index (κ1) is 19.8. The van der Waals surface area contributed by atoms with Crippen LogP contribution in [0.4, 0.5) is 0 Å². The Morgan fingerprint density at radius 1 is 1.03 bits per heavy atom. The van der Waals surface area contributed by atoms with E-state index in [-0.39, 0.29) is 11.8 Å². The number of rotatable bonds is 5. The van der Waals surface area contributed by atoms with Gasteiger partial charge in [-0.25, -0.2) is 0 Å². The van der Waals surface area contributed by atoms with Crippen molar-refractivity contribution in [1.82, 2.24) is 14.7 Å². The average Bonchev–Trinajstić information content (AvgIpc) is 3.22. The van der Waals surface area contributed by atoms with E-state index in [1.165, 1.54) is 19.8 Å². The van der Waals surface area contributed by atoms with Crippen LogP contribution < -0.4 is 14.2 Å². The van der Waals surface area contributed by atoms with Gasteiger partial charge in [-0.3, -0.25) is 9.48 Å². The van der Waals surface area contributed by atoms with E-state index in [0.717, 1.165) is 11.1 Å². The molecule has 1 aliphatic heterocycles. The standard InChI is InChI=1S/C23H25N3O4/c1-25-12-16(11-24-25)19-14-26(13-15-7-5-6-8-17(15)19)23(27)18-9-10-20(28-2)22(30-4)21(18)29-3/h5-12,19H,13-14H2,1-4H3. The van der Waals surface area contributed by atoms with Gasteiger partial charge in [0.1, 0.15) is 0 Å². The SMILES string of the molecule is COc1ccc(C(=O)N2Cc3ccccc3C(c3cnn(C)c3)C2)c(OC)c1OC. The molecule has 7 nitrogen and oxygen atoms in total. The van der Waals surface area contributed by atoms with Crippen molar-refractivity contribution in [2.24, 2.45) is 7.05 Å². The molecule has 0 saturated heterocycles. The molecule has 0 spiro atoms. The number of carbonyl (C=O) groups is 1. The maximum absolute atomic E-state index is 13.6. The van der Waals surface area contributed by atoms with Gasteiger partial charge in [-0.15, -0.1) is 0 Å². The Bertz CT molecular complexity index is 1080. The Labute approximate surface area is 175 Å². The van der Waals surface area contributed by atoms with Gasteiger partial charge in [-0.05, 0) is 28.8 Å². The molecule has 7 heteroatoms. The summed E-state index contributed by atoms with van der Waals surface area (Å²) in [6.07, 6.45) is 3.87. The summed E-state index contributed by atoms with van der Waals surface area (Å²) in [5, 5.41) is 4.32. The third-order valence-electron chi connectivity index (χ3n) is 5.54. The quantitative estimate of drug-likeness (QED) is 0.650. The van der Waals surface area contributed by atoms with Crippen molar-refractivity contribution >= 4 is 5.91 Å². The van der Waals surface area contributed by atoms with Crippen LogP contribution in [-0.2, 0) is 13.6 Å². The molecule has 156 valence electrons. The number of hydrogen-bond donors (Lipinski definition) is 0. The predicted molar refractivity (Wildman–Crippen MR) is 112 cm³/mol. The Balaban J connectivity index is 1.74. The Kier molecular flexibility index (Phi) is 5.35. The second-order valence-corrected chi connectivity index (χ2v) is 7.27. The summed E-state index contributed by atoms with van der Waals surface area (Å²) >= 11 is 0. The fourth-order valence-corrected chi connectivity index (χ4v) is 4.11. The molecule has 0 saturated carbocycles. The topological polar surface area (TPSA) is 65.8 Å². The minimum absolute atomic E-state index is 0.0544. The van der Waals surface area contributed by atoms with Gasteiger partial charge in [0.15, 0.2) is 11.5 Å². The first-order chi connectivity index (χ1) is 14.6. The Morgan fingerprint density at radius 2 is 1.80 bits per heavy atom. The van der Waals surface area contributed by atoms with Gasteiger partial charge in [-0.1, -0.05) is 24.3 Å². The van der Waals surface area contributed by atoms with Crippen LogP contribution in [0.5, 0.6) is 17.2 Å². The smallest absolute Gasteiger partial charge is 0.258 e. The number of carbonyl (C=O) groups excluding carboxylic acids is 1. The first-order valence-corrected chi connectivity index (χ1v) is 9.72. The van der Waals surface area contributed by atoms with E-state index < -0.39 is 0 Å². The van der Waals surface area contributed by atoms with Crippen molar-refractivity contribution in [2.45, 2.75) is 12.5 Å². The van der Waals surface area contributed by atoms with Gasteiger partial charge in [0.25, 0.3) is 5.91 Å². The average molecular weight is 407 g/mol. The molecule has 0 fully saturated rings. The van der Waals surface area contributed by atoms with Crippen LogP contribution in [0.15, 0.2) is 48.8 Å². The highest BCUT2D eigenvalue weighted by Gasteiger charge is 2.32. The number of aryl methyl sites for hydroxylation is 1. The second-order valence-electron chi connectivity index (χ2n) is 7.27. The molecular weight excluding hydrogens is 382 g/mol. The van der Waals surface area contributed by atoms with E-state index in [1.54, 1.807) is 23.9 Å². The number of aromatic nitrogens is 2. The first-order valence-electron chi connectivity index (χ1n) is 9.72. The van der Waals surface area contributed by atoms with E-state index >= 15 is 0 Å². The van der Waals surface area contributed by atoms with Gasteiger partial charge in [0, 0.05) is 32.3 Å². The van der Waals surface area contributed by atoms with Crippen LogP contribution in [0, 0.1) is 0 Å². The maximum atomic E-state index is 13.6. The minimum atomic E-state index is -0.115. The van der Waals surface area contributed by atoms with Gasteiger partial charge >= 0.3 is 0 Å². The normalized spacial score (nSPS) is 15.5. The fourth-order valence-electron chi connectivity index (χ4n) is 4.11.